The maximum Gasteiger partial charge on any atom is 0.284 e. The summed E-state index contributed by atoms with van der Waals surface area (Å²) in [7, 11) is 1.52. The van der Waals surface area contributed by atoms with Gasteiger partial charge in [0.05, 0.1) is 31.5 Å². The standard InChI is InChI=1S/C35H32F2N6O6/c1-47-31-17-26-28(18-32(31)48-20-21-10-14-42(15-11-21)19-33(38)44)39-12-9-29(26)49-30-7-4-23(16-27(30)37)41-34(45)25-8-13-40-43(35(25)46)24-5-2-22(36)3-6-24/h2-9,12-13,16-18,21H,10-11,14-15,19-20H2,1H3,(H2,38,44)(H,41,45). The van der Waals surface area contributed by atoms with Crippen LogP contribution in [0.25, 0.3) is 16.6 Å². The molecule has 252 valence electrons. The highest BCUT2D eigenvalue weighted by atomic mass is 19.1. The Bertz CT molecular complexity index is 2070. The van der Waals surface area contributed by atoms with Crippen LogP contribution in [-0.2, 0) is 4.79 Å². The van der Waals surface area contributed by atoms with Gasteiger partial charge in [-0.05, 0) is 86.4 Å². The summed E-state index contributed by atoms with van der Waals surface area (Å²) in [6.45, 7) is 2.25. The molecule has 3 N–H and O–H groups in total. The molecule has 0 unspecified atom stereocenters. The van der Waals surface area contributed by atoms with E-state index < -0.39 is 23.1 Å². The third kappa shape index (κ3) is 7.65. The van der Waals surface area contributed by atoms with Crippen LogP contribution in [-0.4, -0.2) is 64.8 Å². The van der Waals surface area contributed by atoms with Gasteiger partial charge in [-0.15, -0.1) is 0 Å². The van der Waals surface area contributed by atoms with Crippen molar-refractivity contribution in [2.75, 3.05) is 38.7 Å². The molecular formula is C35H32F2N6O6. The van der Waals surface area contributed by atoms with Crippen molar-refractivity contribution in [2.45, 2.75) is 12.8 Å². The normalized spacial score (nSPS) is 13.6. The first kappa shape index (κ1) is 33.0. The van der Waals surface area contributed by atoms with Gasteiger partial charge >= 0.3 is 0 Å². The molecule has 1 fully saturated rings. The van der Waals surface area contributed by atoms with Crippen LogP contribution >= 0.6 is 0 Å². The minimum atomic E-state index is -0.782. The molecule has 0 radical (unpaired) electrons. The lowest BCUT2D eigenvalue weighted by Gasteiger charge is -2.31. The average molecular weight is 671 g/mol. The van der Waals surface area contributed by atoms with Gasteiger partial charge < -0.3 is 25.3 Å². The number of fused-ring (bicyclic) bond motifs is 1. The number of anilines is 1. The van der Waals surface area contributed by atoms with E-state index >= 15 is 4.39 Å². The van der Waals surface area contributed by atoms with Crippen molar-refractivity contribution in [1.29, 1.82) is 0 Å². The number of halogens is 2. The Kier molecular flexibility index (Phi) is 9.76. The van der Waals surface area contributed by atoms with Crippen LogP contribution in [0.15, 0.2) is 83.9 Å². The van der Waals surface area contributed by atoms with E-state index in [2.05, 4.69) is 15.4 Å². The van der Waals surface area contributed by atoms with Gasteiger partial charge in [-0.25, -0.2) is 8.78 Å². The second kappa shape index (κ2) is 14.5. The average Bonchev–Trinajstić information content (AvgIpc) is 3.09. The van der Waals surface area contributed by atoms with Crippen molar-refractivity contribution in [1.82, 2.24) is 19.7 Å². The molecule has 1 aliphatic rings. The topological polar surface area (TPSA) is 151 Å². The molecule has 12 nitrogen and oxygen atoms in total. The number of rotatable bonds is 11. The quantitative estimate of drug-likeness (QED) is 0.204. The van der Waals surface area contributed by atoms with E-state index in [1.165, 1.54) is 62.0 Å². The van der Waals surface area contributed by atoms with Crippen molar-refractivity contribution in [3.63, 3.8) is 0 Å². The van der Waals surface area contributed by atoms with Crippen LogP contribution in [0, 0.1) is 17.6 Å². The number of likely N-dealkylation sites (tertiary alicyclic amines) is 1. The van der Waals surface area contributed by atoms with Crippen LogP contribution in [0.1, 0.15) is 23.2 Å². The fourth-order valence-corrected chi connectivity index (χ4v) is 5.56. The first-order chi connectivity index (χ1) is 23.7. The van der Waals surface area contributed by atoms with Crippen LogP contribution < -0.4 is 30.8 Å². The van der Waals surface area contributed by atoms with E-state index in [0.717, 1.165) is 36.7 Å². The molecule has 0 spiro atoms. The molecule has 0 aliphatic carbocycles. The number of piperidine rings is 1. The number of carbonyl (C=O) groups is 2. The second-order valence-electron chi connectivity index (χ2n) is 11.5. The predicted octanol–water partition coefficient (Wildman–Crippen LogP) is 4.69. The Morgan fingerprint density at radius 1 is 0.939 bits per heavy atom. The largest absolute Gasteiger partial charge is 0.493 e. The van der Waals surface area contributed by atoms with Crippen molar-refractivity contribution in [2.24, 2.45) is 11.7 Å². The molecule has 3 heterocycles. The molecule has 5 aromatic rings. The minimum absolute atomic E-state index is 0.0842. The minimum Gasteiger partial charge on any atom is -0.493 e. The maximum absolute atomic E-state index is 15.3. The van der Waals surface area contributed by atoms with Crippen molar-refractivity contribution < 1.29 is 32.6 Å². The smallest absolute Gasteiger partial charge is 0.284 e. The maximum atomic E-state index is 15.3. The second-order valence-corrected chi connectivity index (χ2v) is 11.5. The number of nitrogens with zero attached hydrogens (tertiary/aromatic N) is 4. The Balaban J connectivity index is 1.14. The van der Waals surface area contributed by atoms with Gasteiger partial charge in [0.15, 0.2) is 23.1 Å². The van der Waals surface area contributed by atoms with Crippen molar-refractivity contribution in [3.8, 4) is 28.7 Å². The van der Waals surface area contributed by atoms with E-state index in [-0.39, 0.29) is 35.1 Å². The summed E-state index contributed by atoms with van der Waals surface area (Å²) in [5.41, 5.74) is 5.23. The van der Waals surface area contributed by atoms with Gasteiger partial charge in [0.2, 0.25) is 5.91 Å². The number of amides is 2. The molecule has 3 aromatic carbocycles. The summed E-state index contributed by atoms with van der Waals surface area (Å²) in [5.74, 6) is -0.928. The molecule has 0 saturated carbocycles. The van der Waals surface area contributed by atoms with E-state index in [1.54, 1.807) is 18.2 Å². The fourth-order valence-electron chi connectivity index (χ4n) is 5.56. The molecule has 2 aromatic heterocycles. The number of hydrogen-bond acceptors (Lipinski definition) is 9. The van der Waals surface area contributed by atoms with E-state index in [9.17, 15) is 18.8 Å². The molecule has 0 atom stereocenters. The lowest BCUT2D eigenvalue weighted by Crippen LogP contribution is -2.40. The molecule has 1 aliphatic heterocycles. The number of hydrogen-bond donors (Lipinski definition) is 2. The zero-order chi connectivity index (χ0) is 34.5. The lowest BCUT2D eigenvalue weighted by atomic mass is 9.98. The van der Waals surface area contributed by atoms with Crippen molar-refractivity contribution >= 4 is 28.4 Å². The van der Waals surface area contributed by atoms with E-state index in [4.69, 9.17) is 19.9 Å². The van der Waals surface area contributed by atoms with Gasteiger partial charge in [0, 0.05) is 35.6 Å². The molecule has 14 heteroatoms. The zero-order valence-electron chi connectivity index (χ0n) is 26.4. The number of primary amides is 1. The summed E-state index contributed by atoms with van der Waals surface area (Å²) in [5, 5.41) is 7.03. The van der Waals surface area contributed by atoms with Crippen molar-refractivity contribution in [3.05, 3.63) is 107 Å². The van der Waals surface area contributed by atoms with Gasteiger partial charge in [0.25, 0.3) is 11.5 Å². The summed E-state index contributed by atoms with van der Waals surface area (Å²) >= 11 is 0. The molecule has 6 rings (SSSR count). The number of nitrogens with one attached hydrogen (secondary N) is 1. The van der Waals surface area contributed by atoms with Gasteiger partial charge in [-0.2, -0.15) is 9.78 Å². The molecular weight excluding hydrogens is 638 g/mol. The number of methoxy groups -OCH3 is 1. The highest BCUT2D eigenvalue weighted by Crippen LogP contribution is 2.38. The van der Waals surface area contributed by atoms with E-state index in [0.29, 0.717) is 40.7 Å². The fraction of sp³-hybridized carbons (Fsp3) is 0.229. The Morgan fingerprint density at radius 3 is 2.43 bits per heavy atom. The number of nitrogens with two attached hydrogens (primary N) is 1. The number of pyridine rings is 1. The molecule has 1 saturated heterocycles. The van der Waals surface area contributed by atoms with Gasteiger partial charge in [-0.3, -0.25) is 24.3 Å². The third-order valence-corrected chi connectivity index (χ3v) is 8.12. The highest BCUT2D eigenvalue weighted by molar-refractivity contribution is 6.04. The predicted molar refractivity (Wildman–Crippen MR) is 176 cm³/mol. The Hall–Kier alpha value is -5.89. The van der Waals surface area contributed by atoms with Crippen LogP contribution in [0.4, 0.5) is 14.5 Å². The number of carbonyl (C=O) groups excluding carboxylic acids is 2. The molecule has 49 heavy (non-hydrogen) atoms. The molecule has 0 bridgehead atoms. The van der Waals surface area contributed by atoms with E-state index in [1.807, 2.05) is 4.90 Å². The Morgan fingerprint density at radius 2 is 1.71 bits per heavy atom. The van der Waals surface area contributed by atoms with Gasteiger partial charge in [0.1, 0.15) is 17.1 Å². The first-order valence-corrected chi connectivity index (χ1v) is 15.4. The third-order valence-electron chi connectivity index (χ3n) is 8.12. The summed E-state index contributed by atoms with van der Waals surface area (Å²) in [4.78, 5) is 43.6. The Labute approximate surface area is 279 Å². The monoisotopic (exact) mass is 670 g/mol. The lowest BCUT2D eigenvalue weighted by molar-refractivity contribution is -0.119. The highest BCUT2D eigenvalue weighted by Gasteiger charge is 2.22. The van der Waals surface area contributed by atoms with Crippen LogP contribution in [0.2, 0.25) is 0 Å². The summed E-state index contributed by atoms with van der Waals surface area (Å²) in [6, 6.07) is 15.2. The molecule has 2 amide bonds. The summed E-state index contributed by atoms with van der Waals surface area (Å²) in [6.07, 6.45) is 4.53. The van der Waals surface area contributed by atoms with Crippen LogP contribution in [0.5, 0.6) is 23.0 Å². The summed E-state index contributed by atoms with van der Waals surface area (Å²) < 4.78 is 47.3. The number of ether oxygens (including phenoxy) is 3. The SMILES string of the molecule is COc1cc2c(Oc3ccc(NC(=O)c4ccnn(-c5ccc(F)cc5)c4=O)cc3F)ccnc2cc1OCC1CCN(CC(N)=O)CC1. The van der Waals surface area contributed by atoms with Gasteiger partial charge in [-0.1, -0.05) is 0 Å². The van der Waals surface area contributed by atoms with Crippen LogP contribution in [0.3, 0.4) is 0 Å². The number of benzene rings is 3. The zero-order valence-corrected chi connectivity index (χ0v) is 26.4. The first-order valence-electron chi connectivity index (χ1n) is 15.4. The number of aromatic nitrogens is 3.